The molecule has 0 aliphatic heterocycles. The highest BCUT2D eigenvalue weighted by Crippen LogP contribution is 2.34. The molecule has 3 aromatic rings. The SMILES string of the molecule is C=C(OOC(C)(C)C)Oc1ccc([S+](c2ccc(OCC(=O)OC(C)(C)C)cc2)c2ccc(OCC(=O)OC(C)(C)C)cc2)cc1. The average Bonchev–Trinajstić information content (AvgIpc) is 2.94. The molecule has 0 aliphatic carbocycles. The lowest BCUT2D eigenvalue weighted by atomic mass is 10.2. The molecule has 46 heavy (non-hydrogen) atoms. The van der Waals surface area contributed by atoms with Crippen LogP contribution in [0.5, 0.6) is 17.2 Å². The Labute approximate surface area is 275 Å². The van der Waals surface area contributed by atoms with Crippen molar-refractivity contribution in [2.24, 2.45) is 0 Å². The molecule has 9 nitrogen and oxygen atoms in total. The van der Waals surface area contributed by atoms with E-state index in [0.29, 0.717) is 17.2 Å². The number of esters is 2. The summed E-state index contributed by atoms with van der Waals surface area (Å²) in [4.78, 5) is 37.7. The highest BCUT2D eigenvalue weighted by Gasteiger charge is 2.29. The highest BCUT2D eigenvalue weighted by atomic mass is 32.2. The fraction of sp³-hybridized carbons (Fsp3) is 0.389. The van der Waals surface area contributed by atoms with Crippen LogP contribution in [0.4, 0.5) is 0 Å². The number of ether oxygens (including phenoxy) is 5. The van der Waals surface area contributed by atoms with E-state index in [-0.39, 0.29) is 19.2 Å². The van der Waals surface area contributed by atoms with Crippen molar-refractivity contribution in [1.82, 2.24) is 0 Å². The van der Waals surface area contributed by atoms with Crippen LogP contribution in [0.15, 0.2) is 100 Å². The minimum atomic E-state index is -0.587. The van der Waals surface area contributed by atoms with Gasteiger partial charge in [0.05, 0.1) is 10.9 Å². The predicted molar refractivity (Wildman–Crippen MR) is 176 cm³/mol. The van der Waals surface area contributed by atoms with Gasteiger partial charge in [-0.15, -0.1) is 0 Å². The molecule has 248 valence electrons. The number of carbonyl (C=O) groups is 2. The number of benzene rings is 3. The molecule has 10 heteroatoms. The van der Waals surface area contributed by atoms with E-state index >= 15 is 0 Å². The Balaban J connectivity index is 1.81. The molecular weight excluding hydrogens is 608 g/mol. The summed E-state index contributed by atoms with van der Waals surface area (Å²) in [5, 5.41) is 0. The molecule has 0 saturated heterocycles. The van der Waals surface area contributed by atoms with Crippen molar-refractivity contribution < 1.29 is 43.0 Å². The molecule has 0 atom stereocenters. The topological polar surface area (TPSA) is 98.8 Å². The summed E-state index contributed by atoms with van der Waals surface area (Å²) in [5.41, 5.74) is -1.69. The maximum Gasteiger partial charge on any atom is 0.344 e. The quantitative estimate of drug-likeness (QED) is 0.0601. The summed E-state index contributed by atoms with van der Waals surface area (Å²) in [6.07, 6.45) is 0. The molecule has 0 heterocycles. The Bertz CT molecular complexity index is 1370. The van der Waals surface area contributed by atoms with Gasteiger partial charge in [-0.1, -0.05) is 0 Å². The van der Waals surface area contributed by atoms with Gasteiger partial charge in [0.2, 0.25) is 0 Å². The number of hydrogen-bond acceptors (Lipinski definition) is 9. The molecule has 0 spiro atoms. The van der Waals surface area contributed by atoms with Crippen LogP contribution in [0, 0.1) is 0 Å². The third-order valence-electron chi connectivity index (χ3n) is 5.35. The fourth-order valence-electron chi connectivity index (χ4n) is 3.74. The molecule has 0 radical (unpaired) electrons. The number of rotatable bonds is 13. The molecule has 0 aliphatic rings. The van der Waals surface area contributed by atoms with E-state index in [0.717, 1.165) is 14.7 Å². The van der Waals surface area contributed by atoms with E-state index in [1.165, 1.54) is 0 Å². The molecule has 0 unspecified atom stereocenters. The second-order valence-electron chi connectivity index (χ2n) is 13.2. The van der Waals surface area contributed by atoms with E-state index in [1.54, 1.807) is 0 Å². The molecule has 0 aromatic heterocycles. The average molecular weight is 654 g/mol. The van der Waals surface area contributed by atoms with Gasteiger partial charge in [-0.3, -0.25) is 4.89 Å². The van der Waals surface area contributed by atoms with Crippen molar-refractivity contribution in [3.05, 3.63) is 85.3 Å². The molecule has 0 saturated carbocycles. The smallest absolute Gasteiger partial charge is 0.344 e. The van der Waals surface area contributed by atoms with Gasteiger partial charge in [0.25, 0.3) is 0 Å². The first-order chi connectivity index (χ1) is 21.4. The van der Waals surface area contributed by atoms with E-state index in [4.69, 9.17) is 33.5 Å². The van der Waals surface area contributed by atoms with Crippen molar-refractivity contribution >= 4 is 22.8 Å². The molecule has 0 amide bonds. The first-order valence-corrected chi connectivity index (χ1v) is 16.1. The minimum absolute atomic E-state index is 0.0191. The Kier molecular flexibility index (Phi) is 12.2. The number of hydrogen-bond donors (Lipinski definition) is 0. The van der Waals surface area contributed by atoms with Gasteiger partial charge < -0.3 is 23.7 Å². The largest absolute Gasteiger partial charge is 0.482 e. The summed E-state index contributed by atoms with van der Waals surface area (Å²) in [5.74, 6) is 0.765. The Morgan fingerprint density at radius 2 is 0.913 bits per heavy atom. The zero-order valence-electron chi connectivity index (χ0n) is 28.1. The summed E-state index contributed by atoms with van der Waals surface area (Å²) >= 11 is 0. The zero-order chi connectivity index (χ0) is 34.1. The van der Waals surface area contributed by atoms with Gasteiger partial charge in [-0.2, -0.15) is 4.89 Å². The van der Waals surface area contributed by atoms with E-state index in [9.17, 15) is 9.59 Å². The summed E-state index contributed by atoms with van der Waals surface area (Å²) in [6, 6.07) is 22.8. The summed E-state index contributed by atoms with van der Waals surface area (Å²) in [6.45, 7) is 19.8. The van der Waals surface area contributed by atoms with Crippen LogP contribution in [0.1, 0.15) is 62.3 Å². The predicted octanol–water partition coefficient (Wildman–Crippen LogP) is 7.82. The summed E-state index contributed by atoms with van der Waals surface area (Å²) in [7, 11) is -0.548. The van der Waals surface area contributed by atoms with Gasteiger partial charge in [-0.25, -0.2) is 9.59 Å². The molecule has 0 N–H and O–H groups in total. The van der Waals surface area contributed by atoms with Crippen LogP contribution in [-0.2, 0) is 39.7 Å². The molecular formula is C36H45O9S+. The van der Waals surface area contributed by atoms with Crippen LogP contribution in [-0.4, -0.2) is 42.0 Å². The van der Waals surface area contributed by atoms with Gasteiger partial charge in [-0.05, 0) is 142 Å². The number of carbonyl (C=O) groups excluding carboxylic acids is 2. The zero-order valence-corrected chi connectivity index (χ0v) is 28.9. The van der Waals surface area contributed by atoms with Gasteiger partial charge in [0, 0.05) is 0 Å². The lowest BCUT2D eigenvalue weighted by molar-refractivity contribution is -0.337. The third kappa shape index (κ3) is 13.1. The van der Waals surface area contributed by atoms with Crippen molar-refractivity contribution in [2.75, 3.05) is 13.2 Å². The minimum Gasteiger partial charge on any atom is -0.482 e. The van der Waals surface area contributed by atoms with Crippen LogP contribution in [0.2, 0.25) is 0 Å². The van der Waals surface area contributed by atoms with E-state index in [1.807, 2.05) is 135 Å². The first-order valence-electron chi connectivity index (χ1n) is 14.8. The second kappa shape index (κ2) is 15.4. The Hall–Kier alpha value is -4.15. The highest BCUT2D eigenvalue weighted by molar-refractivity contribution is 7.97. The van der Waals surface area contributed by atoms with Crippen LogP contribution in [0.3, 0.4) is 0 Å². The lowest BCUT2D eigenvalue weighted by Crippen LogP contribution is -2.27. The molecule has 3 aromatic carbocycles. The van der Waals surface area contributed by atoms with Crippen molar-refractivity contribution in [2.45, 2.75) is 93.8 Å². The van der Waals surface area contributed by atoms with Crippen molar-refractivity contribution in [3.63, 3.8) is 0 Å². The van der Waals surface area contributed by atoms with Crippen LogP contribution < -0.4 is 14.2 Å². The standard InChI is InChI=1S/C36H45O9S/c1-25(44-45-36(8,9)10)41-28-15-21-31(22-16-28)46(29-17-11-26(12-18-29)39-23-32(37)42-34(2,3)4)30-19-13-27(14-20-30)40-24-33(38)43-35(5,6)7/h11-22H,1,23-24H2,2-10H3/q+1. The van der Waals surface area contributed by atoms with Gasteiger partial charge in [0.15, 0.2) is 27.9 Å². The van der Waals surface area contributed by atoms with E-state index < -0.39 is 39.6 Å². The third-order valence-corrected chi connectivity index (χ3v) is 7.58. The van der Waals surface area contributed by atoms with Gasteiger partial charge >= 0.3 is 17.9 Å². The van der Waals surface area contributed by atoms with Crippen LogP contribution in [0.25, 0.3) is 0 Å². The fourth-order valence-corrected chi connectivity index (χ4v) is 5.78. The second-order valence-corrected chi connectivity index (χ2v) is 15.3. The monoisotopic (exact) mass is 653 g/mol. The normalized spacial score (nSPS) is 11.9. The molecule has 3 rings (SSSR count). The first kappa shape index (κ1) is 36.3. The molecule has 0 fully saturated rings. The Morgan fingerprint density at radius 1 is 0.565 bits per heavy atom. The molecule has 0 bridgehead atoms. The summed E-state index contributed by atoms with van der Waals surface area (Å²) < 4.78 is 27.7. The maximum atomic E-state index is 12.1. The van der Waals surface area contributed by atoms with E-state index in [2.05, 4.69) is 6.58 Å². The Morgan fingerprint density at radius 3 is 1.24 bits per heavy atom. The van der Waals surface area contributed by atoms with Crippen LogP contribution >= 0.6 is 0 Å². The van der Waals surface area contributed by atoms with Crippen molar-refractivity contribution in [3.8, 4) is 17.2 Å². The van der Waals surface area contributed by atoms with Gasteiger partial charge in [0.1, 0.15) is 34.1 Å². The van der Waals surface area contributed by atoms with Crippen molar-refractivity contribution in [1.29, 1.82) is 0 Å². The maximum absolute atomic E-state index is 12.1. The lowest BCUT2D eigenvalue weighted by Gasteiger charge is -2.19.